The Morgan fingerprint density at radius 2 is 2.21 bits per heavy atom. The van der Waals surface area contributed by atoms with E-state index in [2.05, 4.69) is 19.9 Å². The van der Waals surface area contributed by atoms with Gasteiger partial charge in [-0.05, 0) is 45.2 Å². The molecule has 6 heteroatoms. The molecule has 2 fully saturated rings. The molecule has 0 spiro atoms. The summed E-state index contributed by atoms with van der Waals surface area (Å²) in [5.74, 6) is 2.28. The third-order valence-corrected chi connectivity index (χ3v) is 6.77. The Hall–Kier alpha value is -1.79. The zero-order chi connectivity index (χ0) is 20.1. The summed E-state index contributed by atoms with van der Waals surface area (Å²) >= 11 is 0. The summed E-state index contributed by atoms with van der Waals surface area (Å²) in [6.45, 7) is 7.68. The average Bonchev–Trinajstić information content (AvgIpc) is 2.70. The molecular formula is C22H32N2O4. The van der Waals surface area contributed by atoms with Crippen LogP contribution in [0.4, 0.5) is 0 Å². The van der Waals surface area contributed by atoms with E-state index < -0.39 is 6.04 Å². The normalized spacial score (nSPS) is 31.7. The molecule has 3 aliphatic rings. The molecule has 3 aliphatic heterocycles. The lowest BCUT2D eigenvalue weighted by atomic mass is 9.70. The van der Waals surface area contributed by atoms with Crippen LogP contribution >= 0.6 is 0 Å². The summed E-state index contributed by atoms with van der Waals surface area (Å²) in [6, 6.07) is 5.60. The maximum Gasteiger partial charge on any atom is 0.239 e. The van der Waals surface area contributed by atoms with E-state index in [-0.39, 0.29) is 29.6 Å². The van der Waals surface area contributed by atoms with Crippen LogP contribution in [0.25, 0.3) is 0 Å². The maximum atomic E-state index is 12.6. The predicted octanol–water partition coefficient (Wildman–Crippen LogP) is 2.90. The Morgan fingerprint density at radius 1 is 1.43 bits per heavy atom. The van der Waals surface area contributed by atoms with Crippen LogP contribution in [0, 0.1) is 11.8 Å². The molecule has 2 N–H and O–H groups in total. The second-order valence-electron chi connectivity index (χ2n) is 8.89. The van der Waals surface area contributed by atoms with E-state index in [1.54, 1.807) is 7.11 Å². The molecule has 0 aromatic heterocycles. The van der Waals surface area contributed by atoms with Crippen LogP contribution in [0.3, 0.4) is 0 Å². The van der Waals surface area contributed by atoms with Crippen LogP contribution < -0.4 is 15.2 Å². The lowest BCUT2D eigenvalue weighted by molar-refractivity contribution is -0.189. The van der Waals surface area contributed by atoms with E-state index in [9.17, 15) is 4.79 Å². The highest BCUT2D eigenvalue weighted by Crippen LogP contribution is 2.53. The molecule has 5 atom stereocenters. The van der Waals surface area contributed by atoms with E-state index in [4.69, 9.17) is 19.9 Å². The van der Waals surface area contributed by atoms with Gasteiger partial charge in [0.25, 0.3) is 0 Å². The molecule has 1 aromatic rings. The molecule has 0 unspecified atom stereocenters. The largest absolute Gasteiger partial charge is 0.497 e. The van der Waals surface area contributed by atoms with Crippen LogP contribution in [0.15, 0.2) is 18.2 Å². The summed E-state index contributed by atoms with van der Waals surface area (Å²) < 4.78 is 18.4. The van der Waals surface area contributed by atoms with Gasteiger partial charge in [0.1, 0.15) is 17.1 Å². The van der Waals surface area contributed by atoms with E-state index in [1.807, 2.05) is 24.0 Å². The third-order valence-electron chi connectivity index (χ3n) is 6.77. The highest BCUT2D eigenvalue weighted by molar-refractivity contribution is 5.81. The number of hydrogen-bond donors (Lipinski definition) is 1. The van der Waals surface area contributed by atoms with Gasteiger partial charge in [-0.3, -0.25) is 4.79 Å². The summed E-state index contributed by atoms with van der Waals surface area (Å²) in [5.41, 5.74) is 6.75. The van der Waals surface area contributed by atoms with Crippen molar-refractivity contribution in [1.82, 2.24) is 4.90 Å². The van der Waals surface area contributed by atoms with Gasteiger partial charge in [-0.15, -0.1) is 0 Å². The number of methoxy groups -OCH3 is 1. The van der Waals surface area contributed by atoms with Gasteiger partial charge >= 0.3 is 0 Å². The van der Waals surface area contributed by atoms with Gasteiger partial charge in [0.05, 0.1) is 25.4 Å². The monoisotopic (exact) mass is 388 g/mol. The number of hydrogen-bond acceptors (Lipinski definition) is 5. The van der Waals surface area contributed by atoms with Gasteiger partial charge in [-0.25, -0.2) is 0 Å². The number of benzene rings is 1. The van der Waals surface area contributed by atoms with Crippen molar-refractivity contribution in [3.63, 3.8) is 0 Å². The maximum absolute atomic E-state index is 12.6. The van der Waals surface area contributed by atoms with E-state index in [0.717, 1.165) is 43.0 Å². The number of rotatable bonds is 3. The highest BCUT2D eigenvalue weighted by Gasteiger charge is 2.51. The minimum absolute atomic E-state index is 0.0195. The Labute approximate surface area is 167 Å². The predicted molar refractivity (Wildman–Crippen MR) is 106 cm³/mol. The number of carbonyl (C=O) groups is 1. The molecule has 0 radical (unpaired) electrons. The van der Waals surface area contributed by atoms with Crippen molar-refractivity contribution in [2.75, 3.05) is 20.2 Å². The van der Waals surface area contributed by atoms with Crippen LogP contribution in [-0.2, 0) is 9.53 Å². The van der Waals surface area contributed by atoms with Crippen molar-refractivity contribution in [2.45, 2.75) is 63.9 Å². The first-order valence-electron chi connectivity index (χ1n) is 10.4. The van der Waals surface area contributed by atoms with Crippen LogP contribution in [0.1, 0.15) is 51.7 Å². The molecule has 6 nitrogen and oxygen atoms in total. The fourth-order valence-electron chi connectivity index (χ4n) is 5.02. The quantitative estimate of drug-likeness (QED) is 0.862. The smallest absolute Gasteiger partial charge is 0.239 e. The van der Waals surface area contributed by atoms with Crippen LogP contribution in [-0.4, -0.2) is 48.8 Å². The number of nitrogens with zero attached hydrogens (tertiary/aromatic N) is 1. The number of carbonyl (C=O) groups excluding carboxylic acids is 1. The van der Waals surface area contributed by atoms with Crippen molar-refractivity contribution in [3.05, 3.63) is 23.8 Å². The summed E-state index contributed by atoms with van der Waals surface area (Å²) in [6.07, 6.45) is 2.71. The lowest BCUT2D eigenvalue weighted by Gasteiger charge is -2.53. The standard InChI is InChI=1S/C22H32N2O4/c1-5-17(23)21(25)24-9-8-18-13(12-24)10-16-20(27-18)15-7-6-14(26-4)11-19(15)28-22(16,2)3/h6-7,11,13,16-18,20H,5,8-10,12,23H2,1-4H3/t13-,16+,17+,18+,20-/m0/s1. The molecule has 28 heavy (non-hydrogen) atoms. The Kier molecular flexibility index (Phi) is 5.04. The number of piperidine rings is 1. The van der Waals surface area contributed by atoms with E-state index >= 15 is 0 Å². The average molecular weight is 389 g/mol. The first-order valence-corrected chi connectivity index (χ1v) is 10.4. The Bertz CT molecular complexity index is 750. The van der Waals surface area contributed by atoms with Gasteiger partial charge in [-0.1, -0.05) is 6.92 Å². The fourth-order valence-corrected chi connectivity index (χ4v) is 5.02. The summed E-state index contributed by atoms with van der Waals surface area (Å²) in [7, 11) is 1.67. The molecule has 1 aromatic carbocycles. The minimum atomic E-state index is -0.398. The molecule has 154 valence electrons. The number of likely N-dealkylation sites (tertiary alicyclic amines) is 1. The SMILES string of the molecule is CC[C@@H](N)C(=O)N1CC[C@H]2O[C@H]3c4ccc(OC)cc4OC(C)(C)[C@@H]3C[C@H]2C1. The second kappa shape index (κ2) is 7.23. The molecule has 1 amide bonds. The summed E-state index contributed by atoms with van der Waals surface area (Å²) in [4.78, 5) is 14.5. The molecule has 0 bridgehead atoms. The minimum Gasteiger partial charge on any atom is -0.497 e. The van der Waals surface area contributed by atoms with Crippen molar-refractivity contribution < 1.29 is 19.0 Å². The number of fused-ring (bicyclic) bond motifs is 4. The first-order chi connectivity index (χ1) is 13.3. The van der Waals surface area contributed by atoms with E-state index in [1.165, 1.54) is 0 Å². The van der Waals surface area contributed by atoms with Gasteiger partial charge in [0, 0.05) is 36.6 Å². The Balaban J connectivity index is 1.57. The van der Waals surface area contributed by atoms with E-state index in [0.29, 0.717) is 12.3 Å². The van der Waals surface area contributed by atoms with Crippen molar-refractivity contribution in [2.24, 2.45) is 17.6 Å². The van der Waals surface area contributed by atoms with Gasteiger partial charge < -0.3 is 24.8 Å². The molecule has 4 rings (SSSR count). The van der Waals surface area contributed by atoms with Crippen molar-refractivity contribution in [1.29, 1.82) is 0 Å². The molecule has 2 saturated heterocycles. The Morgan fingerprint density at radius 3 is 2.93 bits per heavy atom. The second-order valence-corrected chi connectivity index (χ2v) is 8.89. The highest BCUT2D eigenvalue weighted by atomic mass is 16.5. The van der Waals surface area contributed by atoms with Gasteiger partial charge in [0.2, 0.25) is 5.91 Å². The fraction of sp³-hybridized carbons (Fsp3) is 0.682. The lowest BCUT2D eigenvalue weighted by Crippen LogP contribution is -2.57. The number of nitrogens with two attached hydrogens (primary N) is 1. The molecular weight excluding hydrogens is 356 g/mol. The topological polar surface area (TPSA) is 74.0 Å². The summed E-state index contributed by atoms with van der Waals surface area (Å²) in [5, 5.41) is 0. The van der Waals surface area contributed by atoms with Crippen molar-refractivity contribution >= 4 is 5.91 Å². The molecule has 3 heterocycles. The first kappa shape index (κ1) is 19.5. The zero-order valence-corrected chi connectivity index (χ0v) is 17.3. The van der Waals surface area contributed by atoms with Gasteiger partial charge in [-0.2, -0.15) is 0 Å². The van der Waals surface area contributed by atoms with Crippen molar-refractivity contribution in [3.8, 4) is 11.5 Å². The molecule has 0 aliphatic carbocycles. The van der Waals surface area contributed by atoms with Crippen LogP contribution in [0.2, 0.25) is 0 Å². The van der Waals surface area contributed by atoms with Crippen LogP contribution in [0.5, 0.6) is 11.5 Å². The number of ether oxygens (including phenoxy) is 3. The van der Waals surface area contributed by atoms with Gasteiger partial charge in [0.15, 0.2) is 0 Å². The number of amides is 1. The molecule has 0 saturated carbocycles. The third kappa shape index (κ3) is 3.26. The zero-order valence-electron chi connectivity index (χ0n) is 17.3.